The second-order valence-electron chi connectivity index (χ2n) is 1.94. The Labute approximate surface area is 63.0 Å². The lowest BCUT2D eigenvalue weighted by Crippen LogP contribution is -2.32. The molecule has 0 amide bonds. The average molecular weight is 160 g/mol. The van der Waals surface area contributed by atoms with Crippen molar-refractivity contribution in [3.05, 3.63) is 0 Å². The Hall–Kier alpha value is -1.39. The zero-order valence-corrected chi connectivity index (χ0v) is 6.16. The molecule has 0 aliphatic carbocycles. The molecule has 1 unspecified atom stereocenters. The van der Waals surface area contributed by atoms with Crippen molar-refractivity contribution in [2.24, 2.45) is 0 Å². The van der Waals surface area contributed by atoms with E-state index in [1.54, 1.807) is 0 Å². The maximum Gasteiger partial charge on any atom is 0.352 e. The highest BCUT2D eigenvalue weighted by molar-refractivity contribution is 6.01. The molecular weight excluding hydrogens is 152 g/mol. The van der Waals surface area contributed by atoms with E-state index < -0.39 is 23.8 Å². The smallest absolute Gasteiger partial charge is 0.352 e. The van der Waals surface area contributed by atoms with Gasteiger partial charge in [0.2, 0.25) is 0 Å². The number of carboxylic acid groups (broad SMARTS) is 1. The summed E-state index contributed by atoms with van der Waals surface area (Å²) in [6.45, 7) is 2.08. The molecule has 1 atom stereocenters. The summed E-state index contributed by atoms with van der Waals surface area (Å²) in [5, 5.41) is 8.29. The summed E-state index contributed by atoms with van der Waals surface area (Å²) in [6.07, 6.45) is -1.66. The molecule has 0 rings (SSSR count). The van der Waals surface area contributed by atoms with E-state index in [9.17, 15) is 14.4 Å². The van der Waals surface area contributed by atoms with Gasteiger partial charge in [0.25, 0.3) is 6.10 Å². The summed E-state index contributed by atoms with van der Waals surface area (Å²) in [7, 11) is 0. The minimum atomic E-state index is -1.66. The fraction of sp³-hybridized carbons (Fsp3) is 0.500. The van der Waals surface area contributed by atoms with Crippen LogP contribution in [-0.2, 0) is 19.1 Å². The number of hydrogen-bond acceptors (Lipinski definition) is 4. The van der Waals surface area contributed by atoms with Crippen molar-refractivity contribution in [1.29, 1.82) is 0 Å². The van der Waals surface area contributed by atoms with Gasteiger partial charge >= 0.3 is 11.9 Å². The van der Waals surface area contributed by atoms with Gasteiger partial charge in [0, 0.05) is 6.92 Å². The fourth-order valence-electron chi connectivity index (χ4n) is 0.473. The molecule has 0 aliphatic heterocycles. The molecule has 1 N–H and O–H groups in total. The van der Waals surface area contributed by atoms with E-state index in [4.69, 9.17) is 5.11 Å². The zero-order valence-electron chi connectivity index (χ0n) is 6.16. The molecule has 5 nitrogen and oxygen atoms in total. The van der Waals surface area contributed by atoms with Crippen LogP contribution in [0, 0.1) is 0 Å². The van der Waals surface area contributed by atoms with E-state index in [1.807, 2.05) is 0 Å². The van der Waals surface area contributed by atoms with E-state index in [-0.39, 0.29) is 0 Å². The minimum Gasteiger partial charge on any atom is -0.478 e. The average Bonchev–Trinajstić information content (AvgIpc) is 1.81. The first-order valence-electron chi connectivity index (χ1n) is 2.85. The number of carbonyl (C=O) groups excluding carboxylic acids is 2. The number of hydrogen-bond donors (Lipinski definition) is 1. The molecule has 0 aliphatic rings. The molecule has 0 saturated heterocycles. The summed E-state index contributed by atoms with van der Waals surface area (Å²) >= 11 is 0. The van der Waals surface area contributed by atoms with Crippen LogP contribution in [0.15, 0.2) is 0 Å². The van der Waals surface area contributed by atoms with Crippen molar-refractivity contribution < 1.29 is 24.2 Å². The van der Waals surface area contributed by atoms with E-state index in [0.717, 1.165) is 13.8 Å². The van der Waals surface area contributed by atoms with Gasteiger partial charge in [0.15, 0.2) is 5.78 Å². The first kappa shape index (κ1) is 9.61. The quantitative estimate of drug-likeness (QED) is 0.448. The Balaban J connectivity index is 4.23. The van der Waals surface area contributed by atoms with Gasteiger partial charge in [-0.05, 0) is 6.92 Å². The van der Waals surface area contributed by atoms with Crippen LogP contribution < -0.4 is 0 Å². The Kier molecular flexibility index (Phi) is 3.23. The number of ether oxygens (including phenoxy) is 1. The monoisotopic (exact) mass is 160 g/mol. The van der Waals surface area contributed by atoms with Gasteiger partial charge in [-0.1, -0.05) is 0 Å². The standard InChI is InChI=1S/C6H8O5/c1-3(7)5(6(9)10)11-4(2)8/h5H,1-2H3,(H,9,10). The molecule has 0 aromatic heterocycles. The van der Waals surface area contributed by atoms with Crippen LogP contribution in [0.3, 0.4) is 0 Å². The topological polar surface area (TPSA) is 80.7 Å². The van der Waals surface area contributed by atoms with Gasteiger partial charge in [0.1, 0.15) is 0 Å². The maximum atomic E-state index is 10.5. The Morgan fingerprint density at radius 1 is 1.27 bits per heavy atom. The van der Waals surface area contributed by atoms with Crippen molar-refractivity contribution in [3.8, 4) is 0 Å². The highest BCUT2D eigenvalue weighted by Gasteiger charge is 2.25. The van der Waals surface area contributed by atoms with Crippen LogP contribution in [0.5, 0.6) is 0 Å². The van der Waals surface area contributed by atoms with Crippen molar-refractivity contribution in [2.45, 2.75) is 20.0 Å². The SMILES string of the molecule is CC(=O)OC(C(C)=O)C(=O)O. The van der Waals surface area contributed by atoms with Crippen LogP contribution in [0.1, 0.15) is 13.8 Å². The van der Waals surface area contributed by atoms with Gasteiger partial charge in [-0.2, -0.15) is 0 Å². The number of rotatable bonds is 3. The van der Waals surface area contributed by atoms with Crippen LogP contribution in [0.2, 0.25) is 0 Å². The van der Waals surface area contributed by atoms with Gasteiger partial charge in [-0.3, -0.25) is 9.59 Å². The molecule has 0 radical (unpaired) electrons. The number of Topliss-reactive ketones (excluding diaryl/α,β-unsaturated/α-hetero) is 1. The minimum absolute atomic E-state index is 0.701. The second-order valence-corrected chi connectivity index (χ2v) is 1.94. The van der Waals surface area contributed by atoms with Crippen molar-refractivity contribution >= 4 is 17.7 Å². The summed E-state index contributed by atoms with van der Waals surface area (Å²) in [5.41, 5.74) is 0. The summed E-state index contributed by atoms with van der Waals surface area (Å²) < 4.78 is 4.19. The number of carboxylic acids is 1. The van der Waals surface area contributed by atoms with Crippen LogP contribution >= 0.6 is 0 Å². The third-order valence-corrected chi connectivity index (χ3v) is 0.877. The molecule has 0 bridgehead atoms. The molecule has 0 saturated carbocycles. The van der Waals surface area contributed by atoms with Gasteiger partial charge in [-0.25, -0.2) is 4.79 Å². The van der Waals surface area contributed by atoms with Crippen LogP contribution in [0.25, 0.3) is 0 Å². The highest BCUT2D eigenvalue weighted by Crippen LogP contribution is 1.94. The van der Waals surface area contributed by atoms with E-state index in [2.05, 4.69) is 4.74 Å². The fourth-order valence-corrected chi connectivity index (χ4v) is 0.473. The highest BCUT2D eigenvalue weighted by atomic mass is 16.6. The maximum absolute atomic E-state index is 10.5. The largest absolute Gasteiger partial charge is 0.478 e. The van der Waals surface area contributed by atoms with Crippen molar-refractivity contribution in [2.75, 3.05) is 0 Å². The van der Waals surface area contributed by atoms with E-state index in [0.29, 0.717) is 0 Å². The summed E-state index contributed by atoms with van der Waals surface area (Å²) in [4.78, 5) is 30.9. The molecule has 62 valence electrons. The summed E-state index contributed by atoms with van der Waals surface area (Å²) in [5.74, 6) is -2.94. The van der Waals surface area contributed by atoms with Gasteiger partial charge < -0.3 is 9.84 Å². The molecule has 0 fully saturated rings. The Morgan fingerprint density at radius 2 is 1.73 bits per heavy atom. The summed E-state index contributed by atoms with van der Waals surface area (Å²) in [6, 6.07) is 0. The molecule has 0 spiro atoms. The van der Waals surface area contributed by atoms with Crippen molar-refractivity contribution in [3.63, 3.8) is 0 Å². The molecule has 0 heterocycles. The third kappa shape index (κ3) is 3.34. The van der Waals surface area contributed by atoms with Crippen LogP contribution in [-0.4, -0.2) is 28.9 Å². The van der Waals surface area contributed by atoms with E-state index in [1.165, 1.54) is 0 Å². The predicted octanol–water partition coefficient (Wildman–Crippen LogP) is -0.408. The van der Waals surface area contributed by atoms with Crippen molar-refractivity contribution in [1.82, 2.24) is 0 Å². The predicted molar refractivity (Wildman–Crippen MR) is 33.9 cm³/mol. The lowest BCUT2D eigenvalue weighted by Gasteiger charge is -2.07. The first-order chi connectivity index (χ1) is 4.95. The Bertz CT molecular complexity index is 181. The lowest BCUT2D eigenvalue weighted by atomic mass is 10.2. The first-order valence-corrected chi connectivity index (χ1v) is 2.85. The van der Waals surface area contributed by atoms with Gasteiger partial charge in [-0.15, -0.1) is 0 Å². The molecule has 11 heavy (non-hydrogen) atoms. The third-order valence-electron chi connectivity index (χ3n) is 0.877. The molecule has 0 aromatic carbocycles. The molecular formula is C6H8O5. The zero-order chi connectivity index (χ0) is 9.02. The number of carbonyl (C=O) groups is 3. The molecule has 5 heteroatoms. The van der Waals surface area contributed by atoms with Gasteiger partial charge in [0.05, 0.1) is 0 Å². The number of ketones is 1. The molecule has 0 aromatic rings. The van der Waals surface area contributed by atoms with E-state index >= 15 is 0 Å². The number of aliphatic carboxylic acids is 1. The Morgan fingerprint density at radius 3 is 1.82 bits per heavy atom. The van der Waals surface area contributed by atoms with Crippen LogP contribution in [0.4, 0.5) is 0 Å². The number of esters is 1. The normalized spacial score (nSPS) is 11.8. The second kappa shape index (κ2) is 3.70. The lowest BCUT2D eigenvalue weighted by molar-refractivity contribution is -0.166.